The van der Waals surface area contributed by atoms with E-state index in [4.69, 9.17) is 4.74 Å². The topological polar surface area (TPSA) is 61.5 Å². The summed E-state index contributed by atoms with van der Waals surface area (Å²) in [6.45, 7) is 6.02. The molecular weight excluding hydrogens is 412 g/mol. The first-order valence-corrected chi connectivity index (χ1v) is 11.7. The number of piperidine rings is 1. The Hall–Kier alpha value is -3.12. The van der Waals surface area contributed by atoms with E-state index in [1.807, 2.05) is 66.7 Å². The molecule has 174 valence electrons. The average Bonchev–Trinajstić information content (AvgIpc) is 3.25. The minimum Gasteiger partial charge on any atom is -0.493 e. The number of aromatic amines is 1. The van der Waals surface area contributed by atoms with Gasteiger partial charge >= 0.3 is 0 Å². The second kappa shape index (κ2) is 10.7. The van der Waals surface area contributed by atoms with E-state index in [0.29, 0.717) is 19.6 Å². The van der Waals surface area contributed by atoms with Crippen molar-refractivity contribution >= 4 is 5.91 Å². The number of aromatic nitrogens is 2. The van der Waals surface area contributed by atoms with Gasteiger partial charge < -0.3 is 9.64 Å². The van der Waals surface area contributed by atoms with Crippen molar-refractivity contribution in [1.29, 1.82) is 0 Å². The molecule has 6 nitrogen and oxygen atoms in total. The van der Waals surface area contributed by atoms with Crippen LogP contribution in [-0.2, 0) is 17.9 Å². The van der Waals surface area contributed by atoms with Crippen LogP contribution in [-0.4, -0.2) is 52.6 Å². The van der Waals surface area contributed by atoms with Crippen LogP contribution in [0.2, 0.25) is 0 Å². The Balaban J connectivity index is 1.41. The largest absolute Gasteiger partial charge is 0.493 e. The molecule has 1 aliphatic rings. The molecule has 1 amide bonds. The number of para-hydroxylation sites is 1. The third-order valence-electron chi connectivity index (χ3n) is 6.75. The van der Waals surface area contributed by atoms with Crippen molar-refractivity contribution in [2.45, 2.75) is 39.3 Å². The molecule has 3 aromatic rings. The molecule has 0 radical (unpaired) electrons. The van der Waals surface area contributed by atoms with Gasteiger partial charge in [-0.05, 0) is 50.6 Å². The second-order valence-corrected chi connectivity index (χ2v) is 9.31. The molecule has 2 aromatic carbocycles. The zero-order valence-electron chi connectivity index (χ0n) is 19.7. The number of nitrogens with one attached hydrogen (secondary N) is 1. The SMILES string of the molecule is Cc1[nH]ncc1CN1CCC(COc2ccccc2)(CC(=O)N(C)Cc2ccccc2)CC1. The third-order valence-corrected chi connectivity index (χ3v) is 6.75. The summed E-state index contributed by atoms with van der Waals surface area (Å²) >= 11 is 0. The van der Waals surface area contributed by atoms with Gasteiger partial charge in [-0.25, -0.2) is 0 Å². The number of aryl methyl sites for hydroxylation is 1. The summed E-state index contributed by atoms with van der Waals surface area (Å²) in [5, 5.41) is 7.17. The van der Waals surface area contributed by atoms with E-state index >= 15 is 0 Å². The first-order valence-electron chi connectivity index (χ1n) is 11.7. The highest BCUT2D eigenvalue weighted by atomic mass is 16.5. The zero-order chi connectivity index (χ0) is 23.1. The minimum absolute atomic E-state index is 0.167. The van der Waals surface area contributed by atoms with Crippen LogP contribution in [0.5, 0.6) is 5.75 Å². The van der Waals surface area contributed by atoms with E-state index in [1.54, 1.807) is 0 Å². The maximum Gasteiger partial charge on any atom is 0.223 e. The van der Waals surface area contributed by atoms with E-state index in [1.165, 1.54) is 5.56 Å². The number of amides is 1. The average molecular weight is 447 g/mol. The summed E-state index contributed by atoms with van der Waals surface area (Å²) in [6, 6.07) is 20.1. The molecule has 6 heteroatoms. The van der Waals surface area contributed by atoms with Crippen molar-refractivity contribution in [3.63, 3.8) is 0 Å². The number of nitrogens with zero attached hydrogens (tertiary/aromatic N) is 3. The van der Waals surface area contributed by atoms with Gasteiger partial charge in [0.25, 0.3) is 0 Å². The number of hydrogen-bond donors (Lipinski definition) is 1. The molecule has 1 fully saturated rings. The first-order chi connectivity index (χ1) is 16.0. The Morgan fingerprint density at radius 1 is 1.09 bits per heavy atom. The van der Waals surface area contributed by atoms with Gasteiger partial charge in [0.05, 0.1) is 12.8 Å². The Morgan fingerprint density at radius 3 is 2.39 bits per heavy atom. The molecule has 2 heterocycles. The maximum absolute atomic E-state index is 13.3. The van der Waals surface area contributed by atoms with E-state index < -0.39 is 0 Å². The van der Waals surface area contributed by atoms with Crippen molar-refractivity contribution < 1.29 is 9.53 Å². The quantitative estimate of drug-likeness (QED) is 0.528. The summed E-state index contributed by atoms with van der Waals surface area (Å²) in [5.41, 5.74) is 3.34. The van der Waals surface area contributed by atoms with E-state index in [9.17, 15) is 4.79 Å². The fourth-order valence-electron chi connectivity index (χ4n) is 4.49. The second-order valence-electron chi connectivity index (χ2n) is 9.31. The van der Waals surface area contributed by atoms with Crippen LogP contribution >= 0.6 is 0 Å². The van der Waals surface area contributed by atoms with Crippen molar-refractivity contribution in [2.24, 2.45) is 5.41 Å². The van der Waals surface area contributed by atoms with Gasteiger partial charge in [0, 0.05) is 43.2 Å². The molecule has 1 aliphatic heterocycles. The predicted molar refractivity (Wildman–Crippen MR) is 130 cm³/mol. The van der Waals surface area contributed by atoms with Gasteiger partial charge in [0.15, 0.2) is 0 Å². The van der Waals surface area contributed by atoms with Gasteiger partial charge in [-0.1, -0.05) is 48.5 Å². The Labute approximate surface area is 196 Å². The molecule has 0 saturated carbocycles. The number of benzene rings is 2. The molecule has 1 aromatic heterocycles. The molecule has 0 atom stereocenters. The number of likely N-dealkylation sites (tertiary alicyclic amines) is 1. The third kappa shape index (κ3) is 6.23. The van der Waals surface area contributed by atoms with E-state index in [-0.39, 0.29) is 11.3 Å². The summed E-state index contributed by atoms with van der Waals surface area (Å²) in [6.07, 6.45) is 4.28. The Morgan fingerprint density at radius 2 is 1.76 bits per heavy atom. The van der Waals surface area contributed by atoms with Crippen molar-refractivity contribution in [2.75, 3.05) is 26.7 Å². The summed E-state index contributed by atoms with van der Waals surface area (Å²) in [7, 11) is 1.90. The number of hydrogen-bond acceptors (Lipinski definition) is 4. The van der Waals surface area contributed by atoms with E-state index in [0.717, 1.165) is 49.5 Å². The van der Waals surface area contributed by atoms with Crippen molar-refractivity contribution in [3.8, 4) is 5.75 Å². The lowest BCUT2D eigenvalue weighted by molar-refractivity contribution is -0.134. The fourth-order valence-corrected chi connectivity index (χ4v) is 4.49. The van der Waals surface area contributed by atoms with Crippen LogP contribution in [0.15, 0.2) is 66.9 Å². The maximum atomic E-state index is 13.3. The molecule has 4 rings (SSSR count). The molecule has 1 saturated heterocycles. The van der Waals surface area contributed by atoms with Crippen LogP contribution < -0.4 is 4.74 Å². The van der Waals surface area contributed by atoms with Crippen LogP contribution in [0.25, 0.3) is 0 Å². The lowest BCUT2D eigenvalue weighted by Gasteiger charge is -2.42. The van der Waals surface area contributed by atoms with Gasteiger partial charge in [-0.3, -0.25) is 14.8 Å². The number of carbonyl (C=O) groups excluding carboxylic acids is 1. The zero-order valence-corrected chi connectivity index (χ0v) is 19.7. The van der Waals surface area contributed by atoms with Crippen molar-refractivity contribution in [1.82, 2.24) is 20.0 Å². The normalized spacial score (nSPS) is 15.8. The standard InChI is InChI=1S/C27H34N4O2/c1-22-24(18-28-29-22)20-31-15-13-27(14-16-31,21-33-25-11-7-4-8-12-25)17-26(32)30(2)19-23-9-5-3-6-10-23/h3-12,18H,13-17,19-21H2,1-2H3,(H,28,29). The van der Waals surface area contributed by atoms with Gasteiger partial charge in [-0.2, -0.15) is 5.10 Å². The fraction of sp³-hybridized carbons (Fsp3) is 0.407. The van der Waals surface area contributed by atoms with Gasteiger partial charge in [0.1, 0.15) is 5.75 Å². The molecular formula is C27H34N4O2. The summed E-state index contributed by atoms with van der Waals surface area (Å²) < 4.78 is 6.20. The number of carbonyl (C=O) groups is 1. The highest BCUT2D eigenvalue weighted by Crippen LogP contribution is 2.37. The van der Waals surface area contributed by atoms with Gasteiger partial charge in [-0.15, -0.1) is 0 Å². The lowest BCUT2D eigenvalue weighted by Crippen LogP contribution is -2.45. The van der Waals surface area contributed by atoms with Gasteiger partial charge in [0.2, 0.25) is 5.91 Å². The molecule has 0 unspecified atom stereocenters. The number of H-pyrrole nitrogens is 1. The van der Waals surface area contributed by atoms with Crippen LogP contribution in [0.1, 0.15) is 36.1 Å². The monoisotopic (exact) mass is 446 g/mol. The molecule has 1 N–H and O–H groups in total. The highest BCUT2D eigenvalue weighted by Gasteiger charge is 2.38. The van der Waals surface area contributed by atoms with Crippen LogP contribution in [0, 0.1) is 12.3 Å². The van der Waals surface area contributed by atoms with E-state index in [2.05, 4.69) is 34.2 Å². The molecule has 0 spiro atoms. The smallest absolute Gasteiger partial charge is 0.223 e. The Kier molecular flexibility index (Phi) is 7.45. The van der Waals surface area contributed by atoms with Crippen LogP contribution in [0.3, 0.4) is 0 Å². The molecule has 0 bridgehead atoms. The highest BCUT2D eigenvalue weighted by molar-refractivity contribution is 5.76. The number of ether oxygens (including phenoxy) is 1. The summed E-state index contributed by atoms with van der Waals surface area (Å²) in [5.74, 6) is 1.04. The first kappa shape index (κ1) is 23.1. The molecule has 33 heavy (non-hydrogen) atoms. The summed E-state index contributed by atoms with van der Waals surface area (Å²) in [4.78, 5) is 17.6. The predicted octanol–water partition coefficient (Wildman–Crippen LogP) is 4.43. The van der Waals surface area contributed by atoms with Crippen LogP contribution in [0.4, 0.5) is 0 Å². The lowest BCUT2D eigenvalue weighted by atomic mass is 9.75. The Bertz CT molecular complexity index is 1010. The minimum atomic E-state index is -0.167. The van der Waals surface area contributed by atoms with Crippen molar-refractivity contribution in [3.05, 3.63) is 83.7 Å². The molecule has 0 aliphatic carbocycles. The number of rotatable bonds is 9.